The lowest BCUT2D eigenvalue weighted by Crippen LogP contribution is -2.13. The Morgan fingerprint density at radius 3 is 3.00 bits per heavy atom. The average Bonchev–Trinajstić information content (AvgIpc) is 2.19. The molecule has 0 saturated heterocycles. The second-order valence-electron chi connectivity index (χ2n) is 3.68. The summed E-state index contributed by atoms with van der Waals surface area (Å²) in [5, 5.41) is 3.20. The molecule has 0 aromatic heterocycles. The molecule has 0 heterocycles. The SMILES string of the molecule is CNCC1=Cc2ccc(Br)cc2CC1. The van der Waals surface area contributed by atoms with Crippen LogP contribution in [-0.4, -0.2) is 13.6 Å². The number of nitrogens with one attached hydrogen (secondary N) is 1. The standard InChI is InChI=1S/C12H14BrN/c1-14-8-9-2-3-11-7-12(13)5-4-10(11)6-9/h4-7,14H,2-3,8H2,1H3. The van der Waals surface area contributed by atoms with Crippen LogP contribution >= 0.6 is 15.9 Å². The molecule has 1 aromatic carbocycles. The maximum absolute atomic E-state index is 3.50. The Morgan fingerprint density at radius 2 is 2.21 bits per heavy atom. The molecule has 0 fully saturated rings. The predicted octanol–water partition coefficient (Wildman–Crippen LogP) is 3.00. The van der Waals surface area contributed by atoms with Crippen LogP contribution in [0.5, 0.6) is 0 Å². The smallest absolute Gasteiger partial charge is 0.0178 e. The number of benzene rings is 1. The van der Waals surface area contributed by atoms with Gasteiger partial charge in [0.05, 0.1) is 0 Å². The summed E-state index contributed by atoms with van der Waals surface area (Å²) < 4.78 is 1.18. The molecular weight excluding hydrogens is 238 g/mol. The van der Waals surface area contributed by atoms with Crippen molar-refractivity contribution in [2.75, 3.05) is 13.6 Å². The van der Waals surface area contributed by atoms with Crippen molar-refractivity contribution in [3.8, 4) is 0 Å². The molecule has 0 amide bonds. The number of hydrogen-bond donors (Lipinski definition) is 1. The third kappa shape index (κ3) is 2.07. The summed E-state index contributed by atoms with van der Waals surface area (Å²) in [5.74, 6) is 0. The Hall–Kier alpha value is -0.600. The van der Waals surface area contributed by atoms with E-state index in [-0.39, 0.29) is 0 Å². The molecule has 14 heavy (non-hydrogen) atoms. The molecule has 2 rings (SSSR count). The monoisotopic (exact) mass is 251 g/mol. The molecule has 1 aliphatic rings. The Balaban J connectivity index is 2.30. The summed E-state index contributed by atoms with van der Waals surface area (Å²) in [6.07, 6.45) is 4.66. The van der Waals surface area contributed by atoms with Gasteiger partial charge >= 0.3 is 0 Å². The minimum absolute atomic E-state index is 1.01. The van der Waals surface area contributed by atoms with Gasteiger partial charge in [-0.1, -0.05) is 33.6 Å². The number of fused-ring (bicyclic) bond motifs is 1. The number of halogens is 1. The zero-order valence-electron chi connectivity index (χ0n) is 8.31. The van der Waals surface area contributed by atoms with Crippen molar-refractivity contribution in [1.82, 2.24) is 5.32 Å². The summed E-state index contributed by atoms with van der Waals surface area (Å²) in [5.41, 5.74) is 4.34. The van der Waals surface area contributed by atoms with E-state index < -0.39 is 0 Å². The molecule has 0 aliphatic heterocycles. The molecule has 1 nitrogen and oxygen atoms in total. The number of aryl methyl sites for hydroxylation is 1. The molecule has 0 bridgehead atoms. The first-order valence-electron chi connectivity index (χ1n) is 4.92. The van der Waals surface area contributed by atoms with E-state index in [2.05, 4.69) is 45.5 Å². The van der Waals surface area contributed by atoms with Gasteiger partial charge in [0.2, 0.25) is 0 Å². The van der Waals surface area contributed by atoms with Gasteiger partial charge < -0.3 is 5.32 Å². The molecule has 0 saturated carbocycles. The van der Waals surface area contributed by atoms with Gasteiger partial charge in [0.1, 0.15) is 0 Å². The Bertz CT molecular complexity index is 369. The van der Waals surface area contributed by atoms with Gasteiger partial charge in [-0.2, -0.15) is 0 Å². The van der Waals surface area contributed by atoms with E-state index in [4.69, 9.17) is 0 Å². The van der Waals surface area contributed by atoms with E-state index in [0.717, 1.165) is 6.54 Å². The molecule has 2 heteroatoms. The zero-order valence-corrected chi connectivity index (χ0v) is 9.89. The molecule has 0 spiro atoms. The highest BCUT2D eigenvalue weighted by atomic mass is 79.9. The van der Waals surface area contributed by atoms with Crippen LogP contribution in [-0.2, 0) is 6.42 Å². The second kappa shape index (κ2) is 4.28. The molecule has 74 valence electrons. The van der Waals surface area contributed by atoms with E-state index in [0.29, 0.717) is 0 Å². The van der Waals surface area contributed by atoms with Crippen LogP contribution in [0.4, 0.5) is 0 Å². The molecule has 0 atom stereocenters. The first-order valence-corrected chi connectivity index (χ1v) is 5.71. The van der Waals surface area contributed by atoms with Crippen molar-refractivity contribution in [2.45, 2.75) is 12.8 Å². The van der Waals surface area contributed by atoms with Crippen LogP contribution in [0.1, 0.15) is 17.5 Å². The summed E-state index contributed by atoms with van der Waals surface area (Å²) in [7, 11) is 2.00. The van der Waals surface area contributed by atoms with Gasteiger partial charge in [-0.25, -0.2) is 0 Å². The fourth-order valence-corrected chi connectivity index (χ4v) is 2.29. The molecular formula is C12H14BrN. The third-order valence-corrected chi connectivity index (χ3v) is 3.08. The first kappa shape index (κ1) is 9.94. The fourth-order valence-electron chi connectivity index (χ4n) is 1.89. The highest BCUT2D eigenvalue weighted by Gasteiger charge is 2.09. The number of hydrogen-bond acceptors (Lipinski definition) is 1. The summed E-state index contributed by atoms with van der Waals surface area (Å²) in [4.78, 5) is 0. The van der Waals surface area contributed by atoms with Crippen LogP contribution in [0.25, 0.3) is 6.08 Å². The highest BCUT2D eigenvalue weighted by Crippen LogP contribution is 2.26. The fraction of sp³-hybridized carbons (Fsp3) is 0.333. The van der Waals surface area contributed by atoms with Gasteiger partial charge in [0.25, 0.3) is 0 Å². The highest BCUT2D eigenvalue weighted by molar-refractivity contribution is 9.10. The van der Waals surface area contributed by atoms with Crippen molar-refractivity contribution in [1.29, 1.82) is 0 Å². The van der Waals surface area contributed by atoms with E-state index in [1.54, 1.807) is 0 Å². The summed E-state index contributed by atoms with van der Waals surface area (Å²) in [6.45, 7) is 1.01. The molecule has 1 aromatic rings. The van der Waals surface area contributed by atoms with Crippen molar-refractivity contribution >= 4 is 22.0 Å². The van der Waals surface area contributed by atoms with Crippen LogP contribution in [0.2, 0.25) is 0 Å². The normalized spacial score (nSPS) is 14.9. The van der Waals surface area contributed by atoms with E-state index in [9.17, 15) is 0 Å². The Morgan fingerprint density at radius 1 is 1.36 bits per heavy atom. The van der Waals surface area contributed by atoms with Crippen molar-refractivity contribution in [2.24, 2.45) is 0 Å². The van der Waals surface area contributed by atoms with Gasteiger partial charge in [-0.05, 0) is 43.1 Å². The molecule has 0 radical (unpaired) electrons. The van der Waals surface area contributed by atoms with Gasteiger partial charge in [-0.3, -0.25) is 0 Å². The van der Waals surface area contributed by atoms with E-state index >= 15 is 0 Å². The molecule has 1 N–H and O–H groups in total. The maximum atomic E-state index is 3.50. The summed E-state index contributed by atoms with van der Waals surface area (Å²) in [6, 6.07) is 6.52. The van der Waals surface area contributed by atoms with E-state index in [1.165, 1.54) is 34.0 Å². The van der Waals surface area contributed by atoms with Gasteiger partial charge in [0.15, 0.2) is 0 Å². The van der Waals surface area contributed by atoms with Crippen LogP contribution in [0.3, 0.4) is 0 Å². The van der Waals surface area contributed by atoms with Gasteiger partial charge in [0, 0.05) is 11.0 Å². The van der Waals surface area contributed by atoms with Crippen molar-refractivity contribution < 1.29 is 0 Å². The number of likely N-dealkylation sites (N-methyl/N-ethyl adjacent to an activating group) is 1. The molecule has 1 aliphatic carbocycles. The Labute approximate surface area is 93.3 Å². The lowest BCUT2D eigenvalue weighted by Gasteiger charge is -2.16. The average molecular weight is 252 g/mol. The summed E-state index contributed by atoms with van der Waals surface area (Å²) >= 11 is 3.50. The first-order chi connectivity index (χ1) is 6.79. The van der Waals surface area contributed by atoms with Crippen LogP contribution in [0, 0.1) is 0 Å². The van der Waals surface area contributed by atoms with Crippen LogP contribution < -0.4 is 5.32 Å². The minimum atomic E-state index is 1.01. The Kier molecular flexibility index (Phi) is 3.04. The topological polar surface area (TPSA) is 12.0 Å². The van der Waals surface area contributed by atoms with Crippen LogP contribution in [0.15, 0.2) is 28.2 Å². The van der Waals surface area contributed by atoms with E-state index in [1.807, 2.05) is 7.05 Å². The predicted molar refractivity (Wildman–Crippen MR) is 64.4 cm³/mol. The largest absolute Gasteiger partial charge is 0.316 e. The molecule has 0 unspecified atom stereocenters. The van der Waals surface area contributed by atoms with Crippen molar-refractivity contribution in [3.63, 3.8) is 0 Å². The van der Waals surface area contributed by atoms with Crippen molar-refractivity contribution in [3.05, 3.63) is 39.4 Å². The second-order valence-corrected chi connectivity index (χ2v) is 4.59. The third-order valence-electron chi connectivity index (χ3n) is 2.58. The maximum Gasteiger partial charge on any atom is 0.0178 e. The van der Waals surface area contributed by atoms with Gasteiger partial charge in [-0.15, -0.1) is 0 Å². The zero-order chi connectivity index (χ0) is 9.97. The lowest BCUT2D eigenvalue weighted by molar-refractivity contribution is 0.809. The minimum Gasteiger partial charge on any atom is -0.316 e. The number of rotatable bonds is 2. The quantitative estimate of drug-likeness (QED) is 0.853. The lowest BCUT2D eigenvalue weighted by atomic mass is 9.92.